The van der Waals surface area contributed by atoms with Crippen LogP contribution in [0.15, 0.2) is 18.2 Å². The fourth-order valence-electron chi connectivity index (χ4n) is 3.24. The van der Waals surface area contributed by atoms with E-state index in [1.165, 1.54) is 7.11 Å². The summed E-state index contributed by atoms with van der Waals surface area (Å²) >= 11 is 0. The third kappa shape index (κ3) is 3.30. The minimum Gasteiger partial charge on any atom is -0.497 e. The Hall–Kier alpha value is -2.61. The lowest BCUT2D eigenvalue weighted by Gasteiger charge is -2.36. The number of fused-ring (bicyclic) bond motifs is 1. The lowest BCUT2D eigenvalue weighted by atomic mass is 9.86. The number of carbonyl (C=O) groups excluding carboxylic acids is 2. The predicted octanol–water partition coefficient (Wildman–Crippen LogP) is 0.871. The van der Waals surface area contributed by atoms with E-state index in [1.807, 2.05) is 0 Å². The van der Waals surface area contributed by atoms with E-state index in [0.29, 0.717) is 17.0 Å². The highest BCUT2D eigenvalue weighted by atomic mass is 16.5. The molecule has 3 N–H and O–H groups in total. The Bertz CT molecular complexity index is 711. The summed E-state index contributed by atoms with van der Waals surface area (Å²) in [6.07, 6.45) is 0.341. The Balaban J connectivity index is 1.89. The van der Waals surface area contributed by atoms with Gasteiger partial charge >= 0.3 is 5.97 Å². The van der Waals surface area contributed by atoms with Crippen molar-refractivity contribution in [3.05, 3.63) is 23.8 Å². The average molecular weight is 348 g/mol. The zero-order chi connectivity index (χ0) is 18.0. The first-order valence-electron chi connectivity index (χ1n) is 8.06. The molecule has 8 nitrogen and oxygen atoms in total. The van der Waals surface area contributed by atoms with Gasteiger partial charge in [0.25, 0.3) is 0 Å². The summed E-state index contributed by atoms with van der Waals surface area (Å²) in [5.74, 6) is -2.05. The van der Waals surface area contributed by atoms with Crippen molar-refractivity contribution in [3.8, 4) is 5.75 Å². The van der Waals surface area contributed by atoms with Gasteiger partial charge < -0.3 is 25.2 Å². The van der Waals surface area contributed by atoms with Crippen molar-refractivity contribution < 1.29 is 29.0 Å². The van der Waals surface area contributed by atoms with Gasteiger partial charge in [-0.15, -0.1) is 0 Å². The van der Waals surface area contributed by atoms with Crippen molar-refractivity contribution in [2.45, 2.75) is 30.7 Å². The molecule has 2 aliphatic rings. The van der Waals surface area contributed by atoms with Crippen molar-refractivity contribution in [2.24, 2.45) is 0 Å². The summed E-state index contributed by atoms with van der Waals surface area (Å²) in [5, 5.41) is 15.0. The van der Waals surface area contributed by atoms with Gasteiger partial charge in [0.1, 0.15) is 11.3 Å². The zero-order valence-corrected chi connectivity index (χ0v) is 13.8. The number of hydrogen-bond acceptors (Lipinski definition) is 5. The summed E-state index contributed by atoms with van der Waals surface area (Å²) in [7, 11) is 1.51. The molecule has 1 aromatic rings. The molecule has 2 amide bonds. The Kier molecular flexibility index (Phi) is 4.63. The van der Waals surface area contributed by atoms with Crippen molar-refractivity contribution >= 4 is 23.5 Å². The van der Waals surface area contributed by atoms with Crippen molar-refractivity contribution in [1.82, 2.24) is 5.32 Å². The summed E-state index contributed by atoms with van der Waals surface area (Å²) in [4.78, 5) is 36.5. The topological polar surface area (TPSA) is 114 Å². The molecular formula is C17H20N2O6. The minimum atomic E-state index is -1.36. The lowest BCUT2D eigenvalue weighted by Crippen LogP contribution is -2.58. The van der Waals surface area contributed by atoms with Crippen LogP contribution >= 0.6 is 0 Å². The van der Waals surface area contributed by atoms with Crippen LogP contribution in [0.2, 0.25) is 0 Å². The van der Waals surface area contributed by atoms with Gasteiger partial charge in [-0.05, 0) is 23.8 Å². The Labute approximate surface area is 144 Å². The fourth-order valence-corrected chi connectivity index (χ4v) is 3.24. The number of rotatable bonds is 4. The molecule has 0 bridgehead atoms. The first-order valence-corrected chi connectivity index (χ1v) is 8.06. The molecule has 3 rings (SSSR count). The van der Waals surface area contributed by atoms with E-state index in [2.05, 4.69) is 10.6 Å². The molecule has 2 heterocycles. The maximum atomic E-state index is 12.8. The summed E-state index contributed by atoms with van der Waals surface area (Å²) in [5.41, 5.74) is -0.208. The second kappa shape index (κ2) is 6.72. The fraction of sp³-hybridized carbons (Fsp3) is 0.471. The van der Waals surface area contributed by atoms with Crippen LogP contribution in [0, 0.1) is 0 Å². The van der Waals surface area contributed by atoms with Crippen LogP contribution in [0.4, 0.5) is 5.69 Å². The van der Waals surface area contributed by atoms with E-state index in [1.54, 1.807) is 18.2 Å². The zero-order valence-electron chi connectivity index (χ0n) is 13.8. The van der Waals surface area contributed by atoms with Crippen LogP contribution in [0.1, 0.15) is 30.7 Å². The maximum absolute atomic E-state index is 12.8. The second-order valence-corrected chi connectivity index (χ2v) is 6.25. The number of carboxylic acid groups (broad SMARTS) is 1. The van der Waals surface area contributed by atoms with Crippen molar-refractivity contribution in [1.29, 1.82) is 0 Å². The number of carbonyl (C=O) groups is 3. The molecule has 8 heteroatoms. The summed E-state index contributed by atoms with van der Waals surface area (Å²) in [6, 6.07) is 5.06. The van der Waals surface area contributed by atoms with E-state index >= 15 is 0 Å². The van der Waals surface area contributed by atoms with Crippen molar-refractivity contribution in [3.63, 3.8) is 0 Å². The number of carboxylic acids is 1. The number of aliphatic carboxylic acids is 1. The lowest BCUT2D eigenvalue weighted by molar-refractivity contribution is -0.152. The number of methoxy groups -OCH3 is 1. The molecule has 1 atom stereocenters. The van der Waals surface area contributed by atoms with Crippen LogP contribution in [-0.4, -0.2) is 48.8 Å². The molecule has 1 aromatic carbocycles. The molecule has 1 saturated heterocycles. The molecule has 0 spiro atoms. The van der Waals surface area contributed by atoms with E-state index in [9.17, 15) is 19.5 Å². The monoisotopic (exact) mass is 348 g/mol. The highest BCUT2D eigenvalue weighted by molar-refractivity contribution is 6.02. The van der Waals surface area contributed by atoms with Crippen LogP contribution in [-0.2, 0) is 19.1 Å². The van der Waals surface area contributed by atoms with Gasteiger partial charge in [-0.2, -0.15) is 0 Å². The number of benzene rings is 1. The van der Waals surface area contributed by atoms with Gasteiger partial charge in [0.05, 0.1) is 13.0 Å². The highest BCUT2D eigenvalue weighted by Gasteiger charge is 2.44. The van der Waals surface area contributed by atoms with E-state index in [4.69, 9.17) is 9.47 Å². The van der Waals surface area contributed by atoms with Gasteiger partial charge in [-0.1, -0.05) is 0 Å². The molecule has 134 valence electrons. The van der Waals surface area contributed by atoms with Crippen molar-refractivity contribution in [2.75, 3.05) is 25.6 Å². The highest BCUT2D eigenvalue weighted by Crippen LogP contribution is 2.36. The Morgan fingerprint density at radius 2 is 2.08 bits per heavy atom. The number of nitrogens with one attached hydrogen (secondary N) is 2. The number of ether oxygens (including phenoxy) is 2. The van der Waals surface area contributed by atoms with Crippen LogP contribution < -0.4 is 15.4 Å². The third-order valence-corrected chi connectivity index (χ3v) is 4.73. The Morgan fingerprint density at radius 3 is 2.72 bits per heavy atom. The molecular weight excluding hydrogens is 328 g/mol. The summed E-state index contributed by atoms with van der Waals surface area (Å²) < 4.78 is 10.4. The first kappa shape index (κ1) is 17.2. The van der Waals surface area contributed by atoms with Crippen LogP contribution in [0.25, 0.3) is 0 Å². The SMILES string of the molecule is COc1ccc2c(c1)[C@@H](C(=O)NC1(C(=O)O)CCOCC1)CC(=O)N2. The van der Waals surface area contributed by atoms with Gasteiger partial charge in [-0.3, -0.25) is 9.59 Å². The van der Waals surface area contributed by atoms with Crippen LogP contribution in [0.5, 0.6) is 5.75 Å². The van der Waals surface area contributed by atoms with Gasteiger partial charge in [-0.25, -0.2) is 4.79 Å². The van der Waals surface area contributed by atoms with E-state index in [0.717, 1.165) is 0 Å². The van der Waals surface area contributed by atoms with E-state index < -0.39 is 23.3 Å². The molecule has 25 heavy (non-hydrogen) atoms. The standard InChI is InChI=1S/C17H20N2O6/c1-24-10-2-3-13-11(8-10)12(9-14(20)18-13)15(21)19-17(16(22)23)4-6-25-7-5-17/h2-3,8,12H,4-7,9H2,1H3,(H,18,20)(H,19,21)(H,22,23)/t12-/m0/s1. The van der Waals surface area contributed by atoms with Gasteiger partial charge in [0, 0.05) is 38.2 Å². The van der Waals surface area contributed by atoms with Crippen LogP contribution in [0.3, 0.4) is 0 Å². The first-order chi connectivity index (χ1) is 11.9. The number of hydrogen-bond donors (Lipinski definition) is 3. The van der Waals surface area contributed by atoms with Gasteiger partial charge in [0.15, 0.2) is 0 Å². The summed E-state index contributed by atoms with van der Waals surface area (Å²) in [6.45, 7) is 0.532. The largest absolute Gasteiger partial charge is 0.497 e. The smallest absolute Gasteiger partial charge is 0.329 e. The van der Waals surface area contributed by atoms with Gasteiger partial charge in [0.2, 0.25) is 11.8 Å². The predicted molar refractivity (Wildman–Crippen MR) is 87.5 cm³/mol. The maximum Gasteiger partial charge on any atom is 0.329 e. The second-order valence-electron chi connectivity index (χ2n) is 6.25. The number of amides is 2. The Morgan fingerprint density at radius 1 is 1.36 bits per heavy atom. The average Bonchev–Trinajstić information content (AvgIpc) is 2.61. The molecule has 0 aromatic heterocycles. The third-order valence-electron chi connectivity index (χ3n) is 4.73. The molecule has 0 radical (unpaired) electrons. The molecule has 2 aliphatic heterocycles. The molecule has 0 aliphatic carbocycles. The molecule has 1 fully saturated rings. The number of anilines is 1. The molecule has 0 saturated carbocycles. The minimum absolute atomic E-state index is 0.0435. The quantitative estimate of drug-likeness (QED) is 0.744. The normalized spacial score (nSPS) is 21.6. The molecule has 0 unspecified atom stereocenters. The van der Waals surface area contributed by atoms with E-state index in [-0.39, 0.29) is 38.4 Å².